The van der Waals surface area contributed by atoms with Gasteiger partial charge in [0.2, 0.25) is 0 Å². The molecule has 0 heterocycles. The van der Waals surface area contributed by atoms with Gasteiger partial charge in [-0.1, -0.05) is 33.9 Å². The Hall–Kier alpha value is 0.654. The Morgan fingerprint density at radius 2 is 1.42 bits per heavy atom. The third kappa shape index (κ3) is 13.4. The van der Waals surface area contributed by atoms with E-state index in [0.29, 0.717) is 0 Å². The molecule has 0 aromatic heterocycles. The first kappa shape index (κ1) is 21.9. The molecule has 0 aliphatic heterocycles. The van der Waals surface area contributed by atoms with Gasteiger partial charge in [0, 0.05) is 27.3 Å². The molecule has 0 aliphatic carbocycles. The van der Waals surface area contributed by atoms with Crippen LogP contribution < -0.4 is 18.9 Å². The van der Waals surface area contributed by atoms with Gasteiger partial charge in [-0.2, -0.15) is 0 Å². The second-order valence-electron chi connectivity index (χ2n) is 6.36. The fraction of sp³-hybridized carbons (Fsp3) is 1.00. The van der Waals surface area contributed by atoms with Crippen LogP contribution >= 0.6 is 0 Å². The molecule has 0 saturated carbocycles. The normalized spacial score (nSPS) is 12.6. The van der Waals surface area contributed by atoms with Crippen LogP contribution in [-0.2, 0) is 9.47 Å². The minimum Gasteiger partial charge on any atom is -0.659 e. The second-order valence-corrected chi connectivity index (χ2v) is 10.5. The number of ether oxygens (including phenoxy) is 2. The molecular formula is C13H31LiN2O2Si. The van der Waals surface area contributed by atoms with Crippen molar-refractivity contribution in [1.29, 1.82) is 0 Å². The number of rotatable bonds is 9. The molecule has 0 atom stereocenters. The van der Waals surface area contributed by atoms with Crippen LogP contribution in [0.5, 0.6) is 0 Å². The Bertz CT molecular complexity index is 215. The first-order valence-electron chi connectivity index (χ1n) is 6.64. The second kappa shape index (κ2) is 10.4. The van der Waals surface area contributed by atoms with E-state index in [1.165, 1.54) is 0 Å². The average molecular weight is 282 g/mol. The van der Waals surface area contributed by atoms with E-state index in [1.54, 1.807) is 14.2 Å². The smallest absolute Gasteiger partial charge is 0.659 e. The van der Waals surface area contributed by atoms with E-state index in [2.05, 4.69) is 38.8 Å². The summed E-state index contributed by atoms with van der Waals surface area (Å²) in [4.78, 5) is 7.42. The van der Waals surface area contributed by atoms with Crippen LogP contribution in [0.15, 0.2) is 0 Å². The topological polar surface area (TPSA) is 35.8 Å². The Morgan fingerprint density at radius 3 is 1.74 bits per heavy atom. The van der Waals surface area contributed by atoms with E-state index in [-0.39, 0.29) is 24.4 Å². The summed E-state index contributed by atoms with van der Waals surface area (Å²) in [5.41, 5.74) is 0.0594. The third-order valence-electron chi connectivity index (χ3n) is 2.47. The molecule has 6 heteroatoms. The van der Waals surface area contributed by atoms with Crippen molar-refractivity contribution in [2.45, 2.75) is 39.4 Å². The fourth-order valence-corrected chi connectivity index (χ4v) is 5.50. The maximum absolute atomic E-state index is 5.17. The molecule has 0 N–H and O–H groups in total. The largest absolute Gasteiger partial charge is 1.00 e. The molecule has 0 aliphatic rings. The minimum atomic E-state index is -1.56. The zero-order chi connectivity index (χ0) is 14.2. The van der Waals surface area contributed by atoms with Gasteiger partial charge < -0.3 is 19.4 Å². The number of hydrogen-bond donors (Lipinski definition) is 0. The van der Waals surface area contributed by atoms with E-state index < -0.39 is 8.24 Å². The zero-order valence-corrected chi connectivity index (χ0v) is 15.2. The summed E-state index contributed by atoms with van der Waals surface area (Å²) in [6.45, 7) is 14.6. The molecule has 0 amide bonds. The Morgan fingerprint density at radius 1 is 1.00 bits per heavy atom. The Labute approximate surface area is 132 Å². The van der Waals surface area contributed by atoms with Crippen molar-refractivity contribution < 1.29 is 28.3 Å². The zero-order valence-electron chi connectivity index (χ0n) is 14.2. The van der Waals surface area contributed by atoms with E-state index in [9.17, 15) is 0 Å². The molecule has 4 nitrogen and oxygen atoms in total. The van der Waals surface area contributed by atoms with Gasteiger partial charge in [-0.15, -0.1) is 5.54 Å². The number of methoxy groups -OCH3 is 2. The molecule has 0 spiro atoms. The van der Waals surface area contributed by atoms with Crippen LogP contribution in [0.4, 0.5) is 0 Å². The molecule has 0 radical (unpaired) electrons. The van der Waals surface area contributed by atoms with Gasteiger partial charge in [0.05, 0.1) is 13.2 Å². The molecule has 0 aromatic carbocycles. The standard InChI is InChI=1S/C13H31N2O2Si.Li/c1-13(2,3)14-18(6,7)12-15(8-10-16-4)9-11-17-5;/h8-12H2,1-7H3;/q-1;+1. The van der Waals surface area contributed by atoms with Gasteiger partial charge in [0.25, 0.3) is 0 Å². The van der Waals surface area contributed by atoms with Crippen LogP contribution in [0.25, 0.3) is 4.98 Å². The van der Waals surface area contributed by atoms with Crippen molar-refractivity contribution in [3.05, 3.63) is 4.98 Å². The summed E-state index contributed by atoms with van der Waals surface area (Å²) in [5.74, 6) is 0. The maximum Gasteiger partial charge on any atom is 1.00 e. The number of hydrogen-bond acceptors (Lipinski definition) is 3. The Balaban J connectivity index is 0. The molecule has 0 rings (SSSR count). The quantitative estimate of drug-likeness (QED) is 0.535. The van der Waals surface area contributed by atoms with Gasteiger partial charge in [0.15, 0.2) is 0 Å². The van der Waals surface area contributed by atoms with E-state index in [0.717, 1.165) is 32.5 Å². The average Bonchev–Trinajstić information content (AvgIpc) is 2.18. The van der Waals surface area contributed by atoms with Gasteiger partial charge >= 0.3 is 18.9 Å². The minimum absolute atomic E-state index is 0. The molecular weight excluding hydrogens is 251 g/mol. The SMILES string of the molecule is COCCN(CCOC)C[Si](C)(C)[N-]C(C)(C)C.[Li+]. The van der Waals surface area contributed by atoms with Crippen molar-refractivity contribution in [2.24, 2.45) is 0 Å². The summed E-state index contributed by atoms with van der Waals surface area (Å²) in [5, 5.41) is 0. The molecule has 19 heavy (non-hydrogen) atoms. The van der Waals surface area contributed by atoms with Crippen LogP contribution in [0.1, 0.15) is 20.8 Å². The van der Waals surface area contributed by atoms with Gasteiger partial charge in [-0.3, -0.25) is 0 Å². The van der Waals surface area contributed by atoms with E-state index in [1.807, 2.05) is 0 Å². The van der Waals surface area contributed by atoms with Crippen LogP contribution in [0, 0.1) is 0 Å². The van der Waals surface area contributed by atoms with Crippen molar-refractivity contribution >= 4 is 8.24 Å². The molecule has 0 unspecified atom stereocenters. The first-order chi connectivity index (χ1) is 8.20. The first-order valence-corrected chi connectivity index (χ1v) is 9.80. The van der Waals surface area contributed by atoms with Crippen molar-refractivity contribution in [2.75, 3.05) is 46.7 Å². The van der Waals surface area contributed by atoms with E-state index >= 15 is 0 Å². The predicted octanol–water partition coefficient (Wildman–Crippen LogP) is -0.498. The fourth-order valence-electron chi connectivity index (χ4n) is 2.20. The molecule has 0 fully saturated rings. The summed E-state index contributed by atoms with van der Waals surface area (Å²) < 4.78 is 10.3. The van der Waals surface area contributed by atoms with Crippen molar-refractivity contribution in [3.8, 4) is 0 Å². The summed E-state index contributed by atoms with van der Waals surface area (Å²) >= 11 is 0. The van der Waals surface area contributed by atoms with Crippen molar-refractivity contribution in [3.63, 3.8) is 0 Å². The summed E-state index contributed by atoms with van der Waals surface area (Å²) in [7, 11) is 1.93. The molecule has 110 valence electrons. The van der Waals surface area contributed by atoms with Gasteiger partial charge in [0.1, 0.15) is 0 Å². The Kier molecular flexibility index (Phi) is 12.0. The predicted molar refractivity (Wildman–Crippen MR) is 80.8 cm³/mol. The van der Waals surface area contributed by atoms with Crippen LogP contribution in [0.3, 0.4) is 0 Å². The summed E-state index contributed by atoms with van der Waals surface area (Å²) in [6, 6.07) is 0. The van der Waals surface area contributed by atoms with Crippen LogP contribution in [-0.4, -0.2) is 65.4 Å². The maximum atomic E-state index is 5.17. The number of nitrogens with zero attached hydrogens (tertiary/aromatic N) is 2. The summed E-state index contributed by atoms with van der Waals surface area (Å²) in [6.07, 6.45) is 1.07. The molecule has 0 bridgehead atoms. The van der Waals surface area contributed by atoms with Crippen LogP contribution in [0.2, 0.25) is 13.1 Å². The van der Waals surface area contributed by atoms with Gasteiger partial charge in [-0.05, 0) is 14.4 Å². The third-order valence-corrected chi connectivity index (χ3v) is 4.97. The molecule has 0 saturated heterocycles. The van der Waals surface area contributed by atoms with Crippen molar-refractivity contribution in [1.82, 2.24) is 4.90 Å². The monoisotopic (exact) mass is 282 g/mol. The molecule has 0 aromatic rings. The van der Waals surface area contributed by atoms with Gasteiger partial charge in [-0.25, -0.2) is 0 Å². The van der Waals surface area contributed by atoms with E-state index in [4.69, 9.17) is 14.5 Å².